The quantitative estimate of drug-likeness (QED) is 0.316. The Morgan fingerprint density at radius 1 is 1.16 bits per heavy atom. The number of carbonyl (C=O) groups is 1. The van der Waals surface area contributed by atoms with Crippen molar-refractivity contribution < 1.29 is 14.3 Å². The predicted molar refractivity (Wildman–Crippen MR) is 136 cm³/mol. The van der Waals surface area contributed by atoms with Crippen molar-refractivity contribution in [3.8, 4) is 17.0 Å². The summed E-state index contributed by atoms with van der Waals surface area (Å²) in [6.07, 6.45) is 5.60. The van der Waals surface area contributed by atoms with E-state index in [1.165, 1.54) is 39.4 Å². The number of hydrogen-bond acceptors (Lipinski definition) is 3. The first-order chi connectivity index (χ1) is 15.5. The van der Waals surface area contributed by atoms with E-state index in [1.54, 1.807) is 0 Å². The van der Waals surface area contributed by atoms with Crippen LogP contribution in [0.15, 0.2) is 42.5 Å². The minimum absolute atomic E-state index is 0.0179. The summed E-state index contributed by atoms with van der Waals surface area (Å²) in [4.78, 5) is 12.2. The Kier molecular flexibility index (Phi) is 6.05. The van der Waals surface area contributed by atoms with Crippen LogP contribution in [0.3, 0.4) is 0 Å². The summed E-state index contributed by atoms with van der Waals surface area (Å²) >= 11 is 2.47. The molecule has 1 aromatic heterocycles. The van der Waals surface area contributed by atoms with Gasteiger partial charge in [-0.25, -0.2) is 4.79 Å². The molecule has 2 saturated carbocycles. The van der Waals surface area contributed by atoms with E-state index in [0.717, 1.165) is 29.8 Å². The zero-order valence-corrected chi connectivity index (χ0v) is 20.7. The molecule has 1 amide bonds. The number of nitrogens with zero attached hydrogens (tertiary/aromatic N) is 1. The van der Waals surface area contributed by atoms with E-state index in [-0.39, 0.29) is 12.2 Å². The summed E-state index contributed by atoms with van der Waals surface area (Å²) in [7, 11) is 0. The number of carbonyl (C=O) groups excluding carboxylic acids is 1. The van der Waals surface area contributed by atoms with Crippen LogP contribution < -0.4 is 10.1 Å². The third kappa shape index (κ3) is 4.21. The largest absolute Gasteiger partial charge is 0.494 e. The highest BCUT2D eigenvalue weighted by Crippen LogP contribution is 2.44. The Labute approximate surface area is 202 Å². The lowest BCUT2D eigenvalue weighted by molar-refractivity contribution is 0.108. The fourth-order valence-corrected chi connectivity index (χ4v) is 5.51. The third-order valence-corrected chi connectivity index (χ3v) is 7.74. The average Bonchev–Trinajstić information content (AvgIpc) is 3.55. The Bertz CT molecular complexity index is 1130. The summed E-state index contributed by atoms with van der Waals surface area (Å²) in [6.45, 7) is 4.65. The molecular weight excluding hydrogens is 515 g/mol. The minimum atomic E-state index is -0.376. The Morgan fingerprint density at radius 3 is 2.53 bits per heavy atom. The smallest absolute Gasteiger partial charge is 0.411 e. The summed E-state index contributed by atoms with van der Waals surface area (Å²) in [5.74, 6) is 1.45. The van der Waals surface area contributed by atoms with Gasteiger partial charge in [0.1, 0.15) is 11.9 Å². The monoisotopic (exact) mass is 544 g/mol. The van der Waals surface area contributed by atoms with Gasteiger partial charge in [-0.2, -0.15) is 0 Å². The number of halogens is 1. The molecule has 0 aliphatic heterocycles. The van der Waals surface area contributed by atoms with Gasteiger partial charge in [0.2, 0.25) is 0 Å². The first-order valence-corrected chi connectivity index (χ1v) is 12.7. The lowest BCUT2D eigenvalue weighted by Crippen LogP contribution is -2.21. The molecule has 0 radical (unpaired) electrons. The number of ether oxygens (including phenoxy) is 2. The Balaban J connectivity index is 1.44. The number of fused-ring (bicyclic) bond motifs is 1. The zero-order chi connectivity index (χ0) is 22.2. The molecular formula is C26H29IN2O3. The first-order valence-electron chi connectivity index (χ1n) is 11.6. The topological polar surface area (TPSA) is 52.5 Å². The van der Waals surface area contributed by atoms with Gasteiger partial charge in [-0.05, 0) is 104 Å². The van der Waals surface area contributed by atoms with Gasteiger partial charge in [-0.1, -0.05) is 12.1 Å². The number of amides is 1. The van der Waals surface area contributed by atoms with Crippen LogP contribution in [-0.4, -0.2) is 23.4 Å². The van der Waals surface area contributed by atoms with Crippen molar-refractivity contribution in [2.45, 2.75) is 58.1 Å². The van der Waals surface area contributed by atoms with Gasteiger partial charge in [-0.15, -0.1) is 0 Å². The lowest BCUT2D eigenvalue weighted by atomic mass is 9.92. The number of aromatic nitrogens is 1. The van der Waals surface area contributed by atoms with Gasteiger partial charge in [0, 0.05) is 26.8 Å². The van der Waals surface area contributed by atoms with Gasteiger partial charge in [0.15, 0.2) is 0 Å². The summed E-state index contributed by atoms with van der Waals surface area (Å²) in [6, 6.07) is 15.0. The molecule has 2 aliphatic rings. The van der Waals surface area contributed by atoms with Crippen LogP contribution in [-0.2, 0) is 4.74 Å². The molecule has 2 aliphatic carbocycles. The number of rotatable bonds is 7. The maximum atomic E-state index is 12.2. The molecule has 0 saturated heterocycles. The highest BCUT2D eigenvalue weighted by Gasteiger charge is 2.31. The zero-order valence-electron chi connectivity index (χ0n) is 18.6. The molecule has 1 atom stereocenters. The molecule has 0 bridgehead atoms. The molecule has 2 aromatic carbocycles. The van der Waals surface area contributed by atoms with Crippen molar-refractivity contribution in [2.24, 2.45) is 5.92 Å². The second kappa shape index (κ2) is 8.96. The van der Waals surface area contributed by atoms with E-state index >= 15 is 0 Å². The van der Waals surface area contributed by atoms with Crippen LogP contribution in [0.1, 0.15) is 52.0 Å². The van der Waals surface area contributed by atoms with Crippen LogP contribution in [0.5, 0.6) is 5.75 Å². The number of anilines is 1. The highest BCUT2D eigenvalue weighted by molar-refractivity contribution is 14.1. The molecule has 3 aromatic rings. The van der Waals surface area contributed by atoms with Crippen molar-refractivity contribution in [1.29, 1.82) is 0 Å². The van der Waals surface area contributed by atoms with Crippen LogP contribution in [0.25, 0.3) is 22.2 Å². The standard InChI is InChI=1S/C26H29IN2O3/c1-3-31-21-13-14-22-23(15-21)29(20-5-4-6-20)25(24(22)27)18-9-11-19(12-10-18)28-26(30)32-16(2)17-7-8-17/h9-17,20H,3-8H2,1-2H3,(H,28,30). The molecule has 168 valence electrons. The molecule has 1 heterocycles. The predicted octanol–water partition coefficient (Wildman–Crippen LogP) is 7.38. The summed E-state index contributed by atoms with van der Waals surface area (Å²) in [5.41, 5.74) is 4.39. The van der Waals surface area contributed by atoms with Crippen LogP contribution in [0.2, 0.25) is 0 Å². The van der Waals surface area contributed by atoms with E-state index < -0.39 is 0 Å². The fraction of sp³-hybridized carbons (Fsp3) is 0.423. The van der Waals surface area contributed by atoms with E-state index in [2.05, 4.69) is 62.8 Å². The maximum Gasteiger partial charge on any atom is 0.411 e. The molecule has 6 heteroatoms. The molecule has 32 heavy (non-hydrogen) atoms. The molecule has 1 N–H and O–H groups in total. The number of benzene rings is 2. The SMILES string of the molecule is CCOc1ccc2c(I)c(-c3ccc(NC(=O)OC(C)C4CC4)cc3)n(C3CCC3)c2c1. The molecule has 5 nitrogen and oxygen atoms in total. The average molecular weight is 544 g/mol. The van der Waals surface area contributed by atoms with Crippen molar-refractivity contribution in [3.63, 3.8) is 0 Å². The van der Waals surface area contributed by atoms with E-state index in [4.69, 9.17) is 9.47 Å². The number of hydrogen-bond donors (Lipinski definition) is 1. The third-order valence-electron chi connectivity index (χ3n) is 6.65. The van der Waals surface area contributed by atoms with Crippen LogP contribution >= 0.6 is 22.6 Å². The van der Waals surface area contributed by atoms with E-state index in [0.29, 0.717) is 18.6 Å². The van der Waals surface area contributed by atoms with Gasteiger partial charge < -0.3 is 14.0 Å². The van der Waals surface area contributed by atoms with Gasteiger partial charge in [0.05, 0.1) is 17.8 Å². The number of nitrogens with one attached hydrogen (secondary N) is 1. The van der Waals surface area contributed by atoms with Gasteiger partial charge in [0.25, 0.3) is 0 Å². The minimum Gasteiger partial charge on any atom is -0.494 e. The van der Waals surface area contributed by atoms with Gasteiger partial charge >= 0.3 is 6.09 Å². The second-order valence-electron chi connectivity index (χ2n) is 8.88. The normalized spacial score (nSPS) is 17.1. The van der Waals surface area contributed by atoms with Crippen LogP contribution in [0.4, 0.5) is 10.5 Å². The Morgan fingerprint density at radius 2 is 1.91 bits per heavy atom. The van der Waals surface area contributed by atoms with Crippen molar-refractivity contribution in [3.05, 3.63) is 46.0 Å². The van der Waals surface area contributed by atoms with Gasteiger partial charge in [-0.3, -0.25) is 5.32 Å². The maximum absolute atomic E-state index is 12.2. The molecule has 0 spiro atoms. The van der Waals surface area contributed by atoms with Crippen molar-refractivity contribution in [1.82, 2.24) is 4.57 Å². The summed E-state index contributed by atoms with van der Waals surface area (Å²) in [5, 5.41) is 4.13. The molecule has 2 fully saturated rings. The summed E-state index contributed by atoms with van der Waals surface area (Å²) < 4.78 is 15.0. The van der Waals surface area contributed by atoms with Crippen molar-refractivity contribution in [2.75, 3.05) is 11.9 Å². The fourth-order valence-electron chi connectivity index (χ4n) is 4.49. The molecule has 5 rings (SSSR count). The second-order valence-corrected chi connectivity index (χ2v) is 9.96. The van der Waals surface area contributed by atoms with E-state index in [9.17, 15) is 4.79 Å². The molecule has 1 unspecified atom stereocenters. The van der Waals surface area contributed by atoms with Crippen LogP contribution in [0, 0.1) is 9.49 Å². The van der Waals surface area contributed by atoms with E-state index in [1.807, 2.05) is 26.0 Å². The highest BCUT2D eigenvalue weighted by atomic mass is 127. The van der Waals surface area contributed by atoms with Crippen molar-refractivity contribution >= 4 is 45.3 Å². The Hall–Kier alpha value is -2.22. The lowest BCUT2D eigenvalue weighted by Gasteiger charge is -2.30. The first kappa shape index (κ1) is 21.6.